The van der Waals surface area contributed by atoms with Gasteiger partial charge in [0.2, 0.25) is 5.78 Å². The number of hydrogen-bond donors (Lipinski definition) is 0. The normalized spacial score (nSPS) is 23.2. The van der Waals surface area contributed by atoms with Crippen molar-refractivity contribution in [3.05, 3.63) is 0 Å². The molecule has 0 aliphatic carbocycles. The monoisotopic (exact) mass is 233 g/mol. The second-order valence-corrected chi connectivity index (χ2v) is 3.18. The lowest BCUT2D eigenvalue weighted by Gasteiger charge is -2.15. The molecule has 0 spiro atoms. The zero-order valence-corrected chi connectivity index (χ0v) is 8.31. The average Bonchev–Trinajstić information content (AvgIpc) is 2.22. The van der Waals surface area contributed by atoms with E-state index in [1.54, 1.807) is 0 Å². The minimum absolute atomic E-state index is 0.101. The van der Waals surface area contributed by atoms with Crippen LogP contribution in [0, 0.1) is 5.92 Å². The summed E-state index contributed by atoms with van der Waals surface area (Å²) in [5, 5.41) is 0. The summed E-state index contributed by atoms with van der Waals surface area (Å²) in [6.45, 7) is -0.769. The van der Waals surface area contributed by atoms with Gasteiger partial charge in [0, 0.05) is 6.21 Å². The first-order valence-electron chi connectivity index (χ1n) is 4.59. The largest absolute Gasteiger partial charge is 0.395 e. The number of rotatable bonds is 0. The van der Waals surface area contributed by atoms with Crippen LogP contribution in [-0.4, -0.2) is 50.2 Å². The highest BCUT2D eigenvalue weighted by Gasteiger charge is 2.38. The quantitative estimate of drug-likeness (QED) is 0.614. The van der Waals surface area contributed by atoms with Gasteiger partial charge in [0.15, 0.2) is 0 Å². The summed E-state index contributed by atoms with van der Waals surface area (Å²) in [6, 6.07) is 0. The molecule has 0 aromatic heterocycles. The smallest absolute Gasteiger partial charge is 0.295 e. The highest BCUT2D eigenvalue weighted by atomic mass is 19.4. The first kappa shape index (κ1) is 12.5. The molecule has 0 saturated carbocycles. The van der Waals surface area contributed by atoms with Crippen molar-refractivity contribution in [2.24, 2.45) is 20.9 Å². The molecule has 0 fully saturated rings. The number of carbonyl (C=O) groups is 1. The number of Topliss-reactive ketones (excluding diaryl/α,β-unsaturated/α-hetero) is 1. The Kier molecular flexibility index (Phi) is 4.33. The van der Waals surface area contributed by atoms with E-state index in [1.165, 1.54) is 6.21 Å². The molecule has 0 N–H and O–H groups in total. The second kappa shape index (κ2) is 5.53. The number of nitrogens with zero attached hydrogens (tertiary/aromatic N) is 3. The third-order valence-electron chi connectivity index (χ3n) is 1.87. The van der Waals surface area contributed by atoms with Crippen LogP contribution in [0.15, 0.2) is 15.0 Å². The minimum Gasteiger partial charge on any atom is -0.295 e. The van der Waals surface area contributed by atoms with E-state index in [0.29, 0.717) is 0 Å². The molecule has 1 aliphatic heterocycles. The molecule has 7 heteroatoms. The molecule has 4 nitrogen and oxygen atoms in total. The molecule has 1 aliphatic rings. The third-order valence-corrected chi connectivity index (χ3v) is 1.87. The van der Waals surface area contributed by atoms with Crippen LogP contribution in [0.25, 0.3) is 0 Å². The molecule has 1 atom stereocenters. The van der Waals surface area contributed by atoms with Crippen LogP contribution >= 0.6 is 0 Å². The molecule has 0 aromatic carbocycles. The summed E-state index contributed by atoms with van der Waals surface area (Å²) < 4.78 is 37.3. The Morgan fingerprint density at radius 3 is 2.44 bits per heavy atom. The van der Waals surface area contributed by atoms with E-state index < -0.39 is 24.4 Å². The van der Waals surface area contributed by atoms with Crippen molar-refractivity contribution >= 4 is 24.4 Å². The van der Waals surface area contributed by atoms with Crippen molar-refractivity contribution < 1.29 is 18.0 Å². The molecule has 88 valence electrons. The summed E-state index contributed by atoms with van der Waals surface area (Å²) >= 11 is 0. The van der Waals surface area contributed by atoms with Crippen LogP contribution in [0.4, 0.5) is 13.2 Å². The van der Waals surface area contributed by atoms with E-state index in [4.69, 9.17) is 0 Å². The Labute approximate surface area is 90.0 Å². The van der Waals surface area contributed by atoms with Gasteiger partial charge in [-0.1, -0.05) is 0 Å². The molecule has 0 radical (unpaired) electrons. The highest BCUT2D eigenvalue weighted by molar-refractivity contribution is 6.53. The molecular formula is C9H10F3N3O. The van der Waals surface area contributed by atoms with Crippen LogP contribution in [0.5, 0.6) is 0 Å². The van der Waals surface area contributed by atoms with Crippen LogP contribution in [0.2, 0.25) is 0 Å². The summed E-state index contributed by atoms with van der Waals surface area (Å²) in [7, 11) is 0. The Balaban J connectivity index is 2.76. The number of carbonyl (C=O) groups excluding carboxylic acids is 1. The van der Waals surface area contributed by atoms with Gasteiger partial charge >= 0.3 is 6.18 Å². The molecule has 0 aromatic rings. The molecule has 0 saturated heterocycles. The van der Waals surface area contributed by atoms with Gasteiger partial charge in [-0.25, -0.2) is 0 Å². The third kappa shape index (κ3) is 4.33. The molecule has 16 heavy (non-hydrogen) atoms. The van der Waals surface area contributed by atoms with Crippen molar-refractivity contribution in [3.8, 4) is 0 Å². The number of ketones is 1. The minimum atomic E-state index is -4.35. The fourth-order valence-electron chi connectivity index (χ4n) is 1.02. The Bertz CT molecular complexity index is 333. The fourth-order valence-corrected chi connectivity index (χ4v) is 1.02. The van der Waals surface area contributed by atoms with E-state index in [1.807, 2.05) is 0 Å². The molecule has 1 unspecified atom stereocenters. The maximum absolute atomic E-state index is 12.4. The first-order chi connectivity index (χ1) is 7.50. The second-order valence-electron chi connectivity index (χ2n) is 3.18. The molecule has 0 amide bonds. The van der Waals surface area contributed by atoms with Crippen LogP contribution in [0.3, 0.4) is 0 Å². The van der Waals surface area contributed by atoms with Crippen LogP contribution in [0.1, 0.15) is 0 Å². The average molecular weight is 233 g/mol. The molecule has 1 rings (SSSR count). The van der Waals surface area contributed by atoms with Crippen molar-refractivity contribution in [1.82, 2.24) is 0 Å². The number of halogens is 3. The van der Waals surface area contributed by atoms with E-state index in [2.05, 4.69) is 15.0 Å². The Morgan fingerprint density at radius 1 is 1.12 bits per heavy atom. The summed E-state index contributed by atoms with van der Waals surface area (Å²) in [6.07, 6.45) is -1.22. The fraction of sp³-hybridized carbons (Fsp3) is 0.556. The Hall–Kier alpha value is -1.53. The first-order valence-corrected chi connectivity index (χ1v) is 4.59. The van der Waals surface area contributed by atoms with E-state index in [0.717, 1.165) is 12.4 Å². The number of hydrogen-bond acceptors (Lipinski definition) is 4. The molecular weight excluding hydrogens is 223 g/mol. The standard InChI is InChI=1S/C9H10F3N3O/c10-9(11,12)7-3-13-1-2-14-5-8(16)6-15-4-7/h1,5-7H,2-4H2. The van der Waals surface area contributed by atoms with Crippen molar-refractivity contribution in [1.29, 1.82) is 0 Å². The summed E-state index contributed by atoms with van der Waals surface area (Å²) in [4.78, 5) is 21.6. The predicted octanol–water partition coefficient (Wildman–Crippen LogP) is 0.960. The SMILES string of the molecule is O=C1C=NCC=NCC(C(F)(F)F)CN=C1. The lowest BCUT2D eigenvalue weighted by Crippen LogP contribution is -2.28. The lowest BCUT2D eigenvalue weighted by atomic mass is 10.1. The van der Waals surface area contributed by atoms with Gasteiger partial charge in [-0.2, -0.15) is 13.2 Å². The zero-order chi connectivity index (χ0) is 12.0. The molecule has 1 heterocycles. The van der Waals surface area contributed by atoms with Crippen LogP contribution < -0.4 is 0 Å². The maximum atomic E-state index is 12.4. The van der Waals surface area contributed by atoms with Crippen LogP contribution in [-0.2, 0) is 4.79 Å². The van der Waals surface area contributed by atoms with Gasteiger partial charge in [-0.3, -0.25) is 19.8 Å². The maximum Gasteiger partial charge on any atom is 0.395 e. The van der Waals surface area contributed by atoms with Gasteiger partial charge < -0.3 is 0 Å². The van der Waals surface area contributed by atoms with Crippen molar-refractivity contribution in [2.75, 3.05) is 19.6 Å². The number of alkyl halides is 3. The topological polar surface area (TPSA) is 54.1 Å². The van der Waals surface area contributed by atoms with E-state index >= 15 is 0 Å². The van der Waals surface area contributed by atoms with Gasteiger partial charge in [-0.15, -0.1) is 0 Å². The lowest BCUT2D eigenvalue weighted by molar-refractivity contribution is -0.168. The van der Waals surface area contributed by atoms with Crippen molar-refractivity contribution in [2.45, 2.75) is 6.18 Å². The van der Waals surface area contributed by atoms with Gasteiger partial charge in [-0.05, 0) is 0 Å². The Morgan fingerprint density at radius 2 is 1.75 bits per heavy atom. The van der Waals surface area contributed by atoms with Crippen molar-refractivity contribution in [3.63, 3.8) is 0 Å². The van der Waals surface area contributed by atoms with Gasteiger partial charge in [0.05, 0.1) is 38.0 Å². The van der Waals surface area contributed by atoms with E-state index in [9.17, 15) is 18.0 Å². The summed E-state index contributed by atoms with van der Waals surface area (Å²) in [5.41, 5.74) is 0. The highest BCUT2D eigenvalue weighted by Crippen LogP contribution is 2.26. The van der Waals surface area contributed by atoms with E-state index in [-0.39, 0.29) is 13.1 Å². The predicted molar refractivity (Wildman–Crippen MR) is 54.6 cm³/mol. The summed E-state index contributed by atoms with van der Waals surface area (Å²) in [5.74, 6) is -2.16. The van der Waals surface area contributed by atoms with Gasteiger partial charge in [0.25, 0.3) is 0 Å². The molecule has 0 bridgehead atoms. The zero-order valence-electron chi connectivity index (χ0n) is 8.31. The number of aliphatic imine (C=N–C) groups is 3. The van der Waals surface area contributed by atoms with Gasteiger partial charge in [0.1, 0.15) is 0 Å².